The summed E-state index contributed by atoms with van der Waals surface area (Å²) in [4.78, 5) is 25.3. The van der Waals surface area contributed by atoms with Crippen molar-refractivity contribution in [3.8, 4) is 11.4 Å². The topological polar surface area (TPSA) is 70.7 Å². The first-order valence-electron chi connectivity index (χ1n) is 9.89. The molecule has 3 aromatic heterocycles. The van der Waals surface area contributed by atoms with Gasteiger partial charge in [0.1, 0.15) is 11.6 Å². The zero-order valence-corrected chi connectivity index (χ0v) is 18.1. The van der Waals surface area contributed by atoms with Crippen LogP contribution in [0.3, 0.4) is 0 Å². The number of aryl methyl sites for hydroxylation is 2. The highest BCUT2D eigenvalue weighted by atomic mass is 32.1. The fourth-order valence-electron chi connectivity index (χ4n) is 3.38. The molecule has 1 aromatic carbocycles. The number of aromatic amines is 1. The predicted molar refractivity (Wildman–Crippen MR) is 123 cm³/mol. The summed E-state index contributed by atoms with van der Waals surface area (Å²) in [6.07, 6.45) is 2.62. The van der Waals surface area contributed by atoms with Crippen molar-refractivity contribution in [2.45, 2.75) is 33.2 Å². The van der Waals surface area contributed by atoms with Crippen LogP contribution in [0.2, 0.25) is 0 Å². The molecule has 0 saturated carbocycles. The van der Waals surface area contributed by atoms with E-state index in [4.69, 9.17) is 0 Å². The maximum Gasteiger partial charge on any atom is 0.254 e. The summed E-state index contributed by atoms with van der Waals surface area (Å²) in [5.74, 6) is 1.33. The van der Waals surface area contributed by atoms with Crippen LogP contribution in [0.4, 0.5) is 5.82 Å². The molecule has 0 radical (unpaired) electrons. The molecule has 4 aromatic rings. The second-order valence-corrected chi connectivity index (χ2v) is 8.36. The van der Waals surface area contributed by atoms with Crippen LogP contribution < -0.4 is 10.9 Å². The van der Waals surface area contributed by atoms with Gasteiger partial charge in [-0.15, -0.1) is 11.3 Å². The first-order valence-corrected chi connectivity index (χ1v) is 10.8. The predicted octanol–water partition coefficient (Wildman–Crippen LogP) is 5.21. The van der Waals surface area contributed by atoms with Gasteiger partial charge in [0.05, 0.1) is 6.04 Å². The lowest BCUT2D eigenvalue weighted by Crippen LogP contribution is -2.15. The molecule has 0 fully saturated rings. The van der Waals surface area contributed by atoms with E-state index >= 15 is 0 Å². The van der Waals surface area contributed by atoms with Gasteiger partial charge in [0.2, 0.25) is 0 Å². The zero-order valence-electron chi connectivity index (χ0n) is 17.3. The number of aromatic nitrogens is 3. The molecule has 1 unspecified atom stereocenters. The number of thiophene rings is 1. The minimum atomic E-state index is -0.115. The molecule has 30 heavy (non-hydrogen) atoms. The van der Waals surface area contributed by atoms with E-state index in [1.807, 2.05) is 25.1 Å². The molecular formula is C24H24N4OS. The molecule has 0 saturated heterocycles. The van der Waals surface area contributed by atoms with Gasteiger partial charge in [-0.05, 0) is 61.9 Å². The van der Waals surface area contributed by atoms with Gasteiger partial charge in [-0.3, -0.25) is 4.79 Å². The fourth-order valence-corrected chi connectivity index (χ4v) is 4.36. The molecule has 3 heterocycles. The number of nitrogens with one attached hydrogen (secondary N) is 2. The number of pyridine rings is 1. The van der Waals surface area contributed by atoms with Crippen LogP contribution in [0.15, 0.2) is 64.9 Å². The Hall–Kier alpha value is -3.25. The van der Waals surface area contributed by atoms with E-state index in [0.717, 1.165) is 23.5 Å². The molecule has 0 amide bonds. The third-order valence-electron chi connectivity index (χ3n) is 5.25. The number of H-pyrrole nitrogens is 1. The van der Waals surface area contributed by atoms with Crippen molar-refractivity contribution in [3.05, 3.63) is 97.7 Å². The molecule has 6 heteroatoms. The van der Waals surface area contributed by atoms with Crippen molar-refractivity contribution in [2.75, 3.05) is 5.32 Å². The number of rotatable bonds is 6. The van der Waals surface area contributed by atoms with Crippen molar-refractivity contribution in [2.24, 2.45) is 0 Å². The highest BCUT2D eigenvalue weighted by Crippen LogP contribution is 2.30. The van der Waals surface area contributed by atoms with Crippen molar-refractivity contribution in [1.29, 1.82) is 0 Å². The van der Waals surface area contributed by atoms with Gasteiger partial charge < -0.3 is 10.3 Å². The summed E-state index contributed by atoms with van der Waals surface area (Å²) in [6, 6.07) is 16.6. The van der Waals surface area contributed by atoms with Gasteiger partial charge in [0, 0.05) is 27.9 Å². The summed E-state index contributed by atoms with van der Waals surface area (Å²) in [7, 11) is 0. The molecule has 1 atom stereocenters. The molecule has 0 spiro atoms. The van der Waals surface area contributed by atoms with Gasteiger partial charge in [-0.25, -0.2) is 9.97 Å². The molecule has 4 rings (SSSR count). The van der Waals surface area contributed by atoms with Crippen LogP contribution in [-0.4, -0.2) is 15.0 Å². The van der Waals surface area contributed by atoms with Gasteiger partial charge in [0.25, 0.3) is 5.56 Å². The number of hydrogen-bond acceptors (Lipinski definition) is 5. The van der Waals surface area contributed by atoms with E-state index < -0.39 is 0 Å². The van der Waals surface area contributed by atoms with Crippen molar-refractivity contribution in [1.82, 2.24) is 15.0 Å². The lowest BCUT2D eigenvalue weighted by atomic mass is 10.0. The number of benzene rings is 1. The Labute approximate surface area is 179 Å². The van der Waals surface area contributed by atoms with Crippen molar-refractivity contribution in [3.63, 3.8) is 0 Å². The summed E-state index contributed by atoms with van der Waals surface area (Å²) in [5.41, 5.74) is 4.59. The molecule has 0 aliphatic rings. The lowest BCUT2D eigenvalue weighted by molar-refractivity contribution is 0.780. The number of anilines is 1. The van der Waals surface area contributed by atoms with Gasteiger partial charge >= 0.3 is 0 Å². The highest BCUT2D eigenvalue weighted by Gasteiger charge is 2.17. The average Bonchev–Trinajstić information content (AvgIpc) is 3.18. The maximum absolute atomic E-state index is 12.1. The van der Waals surface area contributed by atoms with Gasteiger partial charge in [-0.1, -0.05) is 30.3 Å². The van der Waals surface area contributed by atoms with E-state index in [9.17, 15) is 4.79 Å². The van der Waals surface area contributed by atoms with Gasteiger partial charge in [-0.2, -0.15) is 0 Å². The summed E-state index contributed by atoms with van der Waals surface area (Å²) >= 11 is 1.76. The van der Waals surface area contributed by atoms with E-state index in [-0.39, 0.29) is 11.6 Å². The quantitative estimate of drug-likeness (QED) is 0.452. The molecular weight excluding hydrogens is 392 g/mol. The average molecular weight is 417 g/mol. The van der Waals surface area contributed by atoms with Crippen LogP contribution in [0, 0.1) is 20.8 Å². The van der Waals surface area contributed by atoms with Crippen LogP contribution in [-0.2, 0) is 6.42 Å². The summed E-state index contributed by atoms with van der Waals surface area (Å²) < 4.78 is 0. The Balaban J connectivity index is 1.59. The Morgan fingerprint density at radius 3 is 2.50 bits per heavy atom. The van der Waals surface area contributed by atoms with E-state index in [2.05, 4.69) is 62.9 Å². The Bertz CT molecular complexity index is 1200. The molecule has 0 aliphatic heterocycles. The molecule has 2 N–H and O–H groups in total. The second kappa shape index (κ2) is 8.63. The van der Waals surface area contributed by atoms with Crippen LogP contribution in [0.5, 0.6) is 0 Å². The van der Waals surface area contributed by atoms with Crippen LogP contribution >= 0.6 is 11.3 Å². The fraction of sp³-hybridized carbons (Fsp3) is 0.208. The Morgan fingerprint density at radius 1 is 1.07 bits per heavy atom. The SMILES string of the molecule is Cc1ccsc1C(Cc1ccccc1)Nc1ccc(-c2nc(C)c(C)c(=O)[nH]2)cn1. The number of nitrogens with zero attached hydrogens (tertiary/aromatic N) is 2. The third-order valence-corrected chi connectivity index (χ3v) is 6.39. The maximum atomic E-state index is 12.1. The van der Waals surface area contributed by atoms with E-state index in [1.165, 1.54) is 16.0 Å². The first kappa shape index (κ1) is 20.0. The minimum absolute atomic E-state index is 0.115. The van der Waals surface area contributed by atoms with Gasteiger partial charge in [0.15, 0.2) is 0 Å². The monoisotopic (exact) mass is 416 g/mol. The van der Waals surface area contributed by atoms with Crippen molar-refractivity contribution >= 4 is 17.2 Å². The largest absolute Gasteiger partial charge is 0.362 e. The molecule has 0 bridgehead atoms. The van der Waals surface area contributed by atoms with Crippen LogP contribution in [0.25, 0.3) is 11.4 Å². The van der Waals surface area contributed by atoms with Crippen molar-refractivity contribution < 1.29 is 0 Å². The standard InChI is InChI=1S/C24H24N4OS/c1-15-11-12-30-22(15)20(13-18-7-5-4-6-8-18)27-21-10-9-19(14-25-21)23-26-17(3)16(2)24(29)28-23/h4-12,14,20H,13H2,1-3H3,(H,25,27)(H,26,28,29). The normalized spacial score (nSPS) is 12.0. The van der Waals surface area contributed by atoms with E-state index in [0.29, 0.717) is 11.4 Å². The third kappa shape index (κ3) is 4.33. The Kier molecular flexibility index (Phi) is 5.77. The molecule has 0 aliphatic carbocycles. The zero-order chi connectivity index (χ0) is 21.1. The molecule has 5 nitrogen and oxygen atoms in total. The lowest BCUT2D eigenvalue weighted by Gasteiger charge is -2.20. The smallest absolute Gasteiger partial charge is 0.254 e. The summed E-state index contributed by atoms with van der Waals surface area (Å²) in [6.45, 7) is 5.76. The van der Waals surface area contributed by atoms with E-state index in [1.54, 1.807) is 24.5 Å². The minimum Gasteiger partial charge on any atom is -0.362 e. The number of hydrogen-bond donors (Lipinski definition) is 2. The first-order chi connectivity index (χ1) is 14.5. The summed E-state index contributed by atoms with van der Waals surface area (Å²) in [5, 5.41) is 5.72. The Morgan fingerprint density at radius 2 is 1.87 bits per heavy atom. The van der Waals surface area contributed by atoms with Crippen LogP contribution in [0.1, 0.15) is 33.3 Å². The second-order valence-electron chi connectivity index (χ2n) is 7.41. The highest BCUT2D eigenvalue weighted by molar-refractivity contribution is 7.10. The molecule has 152 valence electrons.